The van der Waals surface area contributed by atoms with Gasteiger partial charge in [0.15, 0.2) is 11.4 Å². The van der Waals surface area contributed by atoms with Crippen LogP contribution in [0.4, 0.5) is 13.2 Å². The van der Waals surface area contributed by atoms with Crippen LogP contribution in [-0.2, 0) is 22.6 Å². The van der Waals surface area contributed by atoms with Crippen molar-refractivity contribution in [2.45, 2.75) is 56.7 Å². The molecular weight excluding hydrogens is 575 g/mol. The number of ketones is 2. The quantitative estimate of drug-likeness (QED) is 0.272. The molecule has 0 radical (unpaired) electrons. The number of likely N-dealkylation sites (tertiary alicyclic amines) is 1. The molecule has 7 N–H and O–H groups in total. The standard InChI is InChI=1S/C29H34F3N3O8/c1-27-10-12-4-5-13(11-35-8-6-14(7-9-35)29(30,31)32)20(36)15(12)21(37)18(27)25(41)28(43)17(24(27)40)19(34(2)3)22(38)16(23(28)39)26(33)42/h4-5,14,17,19,24,36,38,40-41,43H,6-11H2,1-3H3,(H2,33,42)/t17?,19-,24+,27+,28+/m0/s1. The molecule has 1 aromatic carbocycles. The van der Waals surface area contributed by atoms with E-state index >= 15 is 0 Å². The average Bonchev–Trinajstić information content (AvgIpc) is 2.90. The lowest BCUT2D eigenvalue weighted by atomic mass is 9.51. The zero-order chi connectivity index (χ0) is 32.0. The van der Waals surface area contributed by atoms with Crippen molar-refractivity contribution in [2.24, 2.45) is 23.0 Å². The number of primary amides is 1. The Morgan fingerprint density at radius 2 is 1.74 bits per heavy atom. The van der Waals surface area contributed by atoms with Crippen molar-refractivity contribution in [2.75, 3.05) is 27.2 Å². The van der Waals surface area contributed by atoms with Crippen molar-refractivity contribution in [3.8, 4) is 5.75 Å². The van der Waals surface area contributed by atoms with Gasteiger partial charge < -0.3 is 31.3 Å². The number of alkyl halides is 3. The number of phenolic OH excluding ortho intramolecular Hbond substituents is 1. The maximum Gasteiger partial charge on any atom is 0.391 e. The summed E-state index contributed by atoms with van der Waals surface area (Å²) < 4.78 is 39.3. The molecule has 3 aliphatic carbocycles. The molecule has 0 aromatic heterocycles. The van der Waals surface area contributed by atoms with Crippen LogP contribution in [0, 0.1) is 17.3 Å². The number of aliphatic hydroxyl groups is 4. The van der Waals surface area contributed by atoms with Gasteiger partial charge in [-0.1, -0.05) is 19.1 Å². The first-order valence-corrected chi connectivity index (χ1v) is 13.8. The number of nitrogens with zero attached hydrogens (tertiary/aromatic N) is 2. The third-order valence-corrected chi connectivity index (χ3v) is 9.70. The number of Topliss-reactive ketones (excluding diaryl/α,β-unsaturated/α-hetero) is 2. The number of halogens is 3. The minimum absolute atomic E-state index is 0.0446. The number of likely N-dealkylation sites (N-methyl/N-ethyl adjacent to an activating group) is 1. The number of phenols is 1. The van der Waals surface area contributed by atoms with Crippen LogP contribution < -0.4 is 5.73 Å². The largest absolute Gasteiger partial charge is 0.510 e. The summed E-state index contributed by atoms with van der Waals surface area (Å²) in [4.78, 5) is 42.7. The first-order valence-electron chi connectivity index (χ1n) is 13.8. The van der Waals surface area contributed by atoms with Crippen molar-refractivity contribution in [3.63, 3.8) is 0 Å². The lowest BCUT2D eigenvalue weighted by molar-refractivity contribution is -0.185. The molecule has 1 aliphatic heterocycles. The van der Waals surface area contributed by atoms with E-state index in [1.165, 1.54) is 25.9 Å². The van der Waals surface area contributed by atoms with Crippen molar-refractivity contribution < 1.29 is 53.1 Å². The van der Waals surface area contributed by atoms with E-state index in [9.17, 15) is 53.1 Å². The van der Waals surface area contributed by atoms with Gasteiger partial charge in [0.1, 0.15) is 22.8 Å². The molecule has 4 aliphatic rings. The summed E-state index contributed by atoms with van der Waals surface area (Å²) in [6, 6.07) is 1.73. The van der Waals surface area contributed by atoms with Gasteiger partial charge in [0.2, 0.25) is 5.78 Å². The van der Waals surface area contributed by atoms with Crippen molar-refractivity contribution in [3.05, 3.63) is 51.5 Å². The highest BCUT2D eigenvalue weighted by Gasteiger charge is 2.69. The summed E-state index contributed by atoms with van der Waals surface area (Å²) >= 11 is 0. The van der Waals surface area contributed by atoms with Crippen LogP contribution in [0.3, 0.4) is 0 Å². The summed E-state index contributed by atoms with van der Waals surface area (Å²) in [7, 11) is 2.90. The van der Waals surface area contributed by atoms with Gasteiger partial charge in [0.25, 0.3) is 5.91 Å². The highest BCUT2D eigenvalue weighted by atomic mass is 19.4. The smallest absolute Gasteiger partial charge is 0.391 e. The molecule has 11 nitrogen and oxygen atoms in total. The van der Waals surface area contributed by atoms with Crippen molar-refractivity contribution in [1.82, 2.24) is 9.80 Å². The van der Waals surface area contributed by atoms with Crippen LogP contribution in [-0.4, -0.2) is 104 Å². The minimum atomic E-state index is -4.29. The van der Waals surface area contributed by atoms with Crippen LogP contribution in [0.5, 0.6) is 5.75 Å². The van der Waals surface area contributed by atoms with Gasteiger partial charge in [0, 0.05) is 17.5 Å². The van der Waals surface area contributed by atoms with Crippen LogP contribution in [0.2, 0.25) is 0 Å². The molecule has 1 amide bonds. The second-order valence-corrected chi connectivity index (χ2v) is 12.4. The molecule has 14 heteroatoms. The number of aromatic hydroxyl groups is 1. The molecule has 234 valence electrons. The molecule has 1 unspecified atom stereocenters. The Balaban J connectivity index is 1.58. The van der Waals surface area contributed by atoms with Crippen LogP contribution in [0.15, 0.2) is 34.8 Å². The second-order valence-electron chi connectivity index (χ2n) is 12.4. The summed E-state index contributed by atoms with van der Waals surface area (Å²) in [5.74, 6) is -9.27. The van der Waals surface area contributed by atoms with Gasteiger partial charge in [-0.3, -0.25) is 24.2 Å². The van der Waals surface area contributed by atoms with E-state index in [4.69, 9.17) is 5.73 Å². The average molecular weight is 610 g/mol. The monoisotopic (exact) mass is 609 g/mol. The number of piperidine rings is 1. The van der Waals surface area contributed by atoms with Gasteiger partial charge in [0.05, 0.1) is 35.1 Å². The maximum absolute atomic E-state index is 14.0. The molecule has 0 spiro atoms. The topological polar surface area (TPSA) is 185 Å². The number of amides is 1. The van der Waals surface area contributed by atoms with Crippen molar-refractivity contribution >= 4 is 17.5 Å². The van der Waals surface area contributed by atoms with E-state index in [-0.39, 0.29) is 50.0 Å². The zero-order valence-electron chi connectivity index (χ0n) is 23.8. The minimum Gasteiger partial charge on any atom is -0.510 e. The summed E-state index contributed by atoms with van der Waals surface area (Å²) in [5, 5.41) is 57.2. The van der Waals surface area contributed by atoms with Gasteiger partial charge in [-0.15, -0.1) is 0 Å². The predicted molar refractivity (Wildman–Crippen MR) is 144 cm³/mol. The second kappa shape index (κ2) is 10.0. The Morgan fingerprint density at radius 3 is 2.28 bits per heavy atom. The van der Waals surface area contributed by atoms with Crippen molar-refractivity contribution in [1.29, 1.82) is 0 Å². The maximum atomic E-state index is 14.0. The van der Waals surface area contributed by atoms with Crippen LogP contribution >= 0.6 is 0 Å². The molecule has 1 fully saturated rings. The molecule has 5 rings (SSSR count). The Morgan fingerprint density at radius 1 is 1.14 bits per heavy atom. The third kappa shape index (κ3) is 4.37. The summed E-state index contributed by atoms with van der Waals surface area (Å²) in [6.07, 6.45) is -6.37. The number of rotatable bonds is 4. The third-order valence-electron chi connectivity index (χ3n) is 9.70. The fraction of sp³-hybridized carbons (Fsp3) is 0.552. The number of fused-ring (bicyclic) bond motifs is 3. The normalized spacial score (nSPS) is 32.2. The number of benzene rings is 1. The molecule has 43 heavy (non-hydrogen) atoms. The van der Waals surface area contributed by atoms with Gasteiger partial charge in [-0.2, -0.15) is 13.2 Å². The number of carbonyl (C=O) groups excluding carboxylic acids is 3. The summed E-state index contributed by atoms with van der Waals surface area (Å²) in [5.41, 5.74) is -0.519. The zero-order valence-corrected chi connectivity index (χ0v) is 23.8. The number of aliphatic hydroxyl groups excluding tert-OH is 3. The van der Waals surface area contributed by atoms with E-state index in [0.29, 0.717) is 5.56 Å². The SMILES string of the molecule is CN(C)[C@@H]1C(O)=C(C(N)=O)C(=O)[C@@]2(O)C(O)=C3C(=O)c4c(ccc(CN5CCC(C(F)(F)F)CC5)c4O)C[C@@]3(C)[C@H](O)C12. The molecular formula is C29H34F3N3O8. The molecule has 0 bridgehead atoms. The summed E-state index contributed by atoms with van der Waals surface area (Å²) in [6.45, 7) is 1.73. The van der Waals surface area contributed by atoms with Gasteiger partial charge >= 0.3 is 6.18 Å². The molecule has 1 saturated heterocycles. The lowest BCUT2D eigenvalue weighted by Gasteiger charge is -2.56. The molecule has 1 heterocycles. The Kier molecular flexibility index (Phi) is 7.24. The van der Waals surface area contributed by atoms with E-state index in [2.05, 4.69) is 0 Å². The van der Waals surface area contributed by atoms with E-state index in [0.717, 1.165) is 0 Å². The number of nitrogens with two attached hydrogens (primary N) is 1. The number of hydrogen-bond acceptors (Lipinski definition) is 10. The highest BCUT2D eigenvalue weighted by molar-refractivity contribution is 6.25. The predicted octanol–water partition coefficient (Wildman–Crippen LogP) is 1.26. The fourth-order valence-corrected chi connectivity index (χ4v) is 7.42. The van der Waals surface area contributed by atoms with E-state index in [1.807, 2.05) is 0 Å². The first kappa shape index (κ1) is 31.0. The fourth-order valence-electron chi connectivity index (χ4n) is 7.42. The number of hydrogen-bond donors (Lipinski definition) is 6. The Hall–Kier alpha value is -3.46. The molecule has 0 saturated carbocycles. The van der Waals surface area contributed by atoms with E-state index in [1.54, 1.807) is 17.0 Å². The highest BCUT2D eigenvalue weighted by Crippen LogP contribution is 2.57. The number of carbonyl (C=O) groups is 3. The molecule has 5 atom stereocenters. The Labute approximate surface area is 244 Å². The van der Waals surface area contributed by atoms with Crippen LogP contribution in [0.1, 0.15) is 41.3 Å². The van der Waals surface area contributed by atoms with E-state index < -0.39 is 87.1 Å². The van der Waals surface area contributed by atoms with Gasteiger partial charge in [-0.25, -0.2) is 0 Å². The first-order chi connectivity index (χ1) is 19.9. The lowest BCUT2D eigenvalue weighted by Crippen LogP contribution is -2.70. The molecule has 1 aromatic rings. The Bertz CT molecular complexity index is 1480. The van der Waals surface area contributed by atoms with Gasteiger partial charge in [-0.05, 0) is 52.0 Å². The van der Waals surface area contributed by atoms with Crippen LogP contribution in [0.25, 0.3) is 0 Å².